The molecule has 1 amide bonds. The molecule has 0 aliphatic carbocycles. The molecule has 2 aromatic carbocycles. The summed E-state index contributed by atoms with van der Waals surface area (Å²) in [7, 11) is 1.60. The number of carbonyl (C=O) groups excluding carboxylic acids is 2. The van der Waals surface area contributed by atoms with Crippen molar-refractivity contribution in [1.82, 2.24) is 4.98 Å². The SMILES string of the molecule is COc1ccc(-c2nc(C(=O)OCC(=O)Nc3ccc(C)cc3C)cs2)cc1. The van der Waals surface area contributed by atoms with Gasteiger partial charge < -0.3 is 14.8 Å². The second kappa shape index (κ2) is 8.67. The van der Waals surface area contributed by atoms with Crippen molar-refractivity contribution in [2.24, 2.45) is 0 Å². The van der Waals surface area contributed by atoms with Gasteiger partial charge in [-0.2, -0.15) is 0 Å². The molecular formula is C21H20N2O4S. The lowest BCUT2D eigenvalue weighted by atomic mass is 10.1. The Labute approximate surface area is 167 Å². The van der Waals surface area contributed by atoms with Gasteiger partial charge in [-0.1, -0.05) is 17.7 Å². The van der Waals surface area contributed by atoms with E-state index in [-0.39, 0.29) is 12.3 Å². The van der Waals surface area contributed by atoms with Gasteiger partial charge in [0.05, 0.1) is 7.11 Å². The average molecular weight is 396 g/mol. The molecule has 0 fully saturated rings. The Morgan fingerprint density at radius 2 is 1.86 bits per heavy atom. The summed E-state index contributed by atoms with van der Waals surface area (Å²) in [6, 6.07) is 13.1. The van der Waals surface area contributed by atoms with Crippen LogP contribution >= 0.6 is 11.3 Å². The summed E-state index contributed by atoms with van der Waals surface area (Å²) in [5.74, 6) is -0.285. The third-order valence-electron chi connectivity index (χ3n) is 4.04. The van der Waals surface area contributed by atoms with Gasteiger partial charge in [0.25, 0.3) is 5.91 Å². The van der Waals surface area contributed by atoms with E-state index in [2.05, 4.69) is 10.3 Å². The molecule has 0 bridgehead atoms. The number of anilines is 1. The minimum atomic E-state index is -0.633. The molecule has 0 saturated carbocycles. The molecule has 0 unspecified atom stereocenters. The van der Waals surface area contributed by atoms with E-state index in [0.717, 1.165) is 22.4 Å². The number of hydrogen-bond donors (Lipinski definition) is 1. The molecule has 0 atom stereocenters. The van der Waals surface area contributed by atoms with E-state index in [1.165, 1.54) is 11.3 Å². The molecular weight excluding hydrogens is 376 g/mol. The van der Waals surface area contributed by atoms with E-state index in [9.17, 15) is 9.59 Å². The summed E-state index contributed by atoms with van der Waals surface area (Å²) in [4.78, 5) is 28.5. The molecule has 3 aromatic rings. The highest BCUT2D eigenvalue weighted by Gasteiger charge is 2.15. The predicted molar refractivity (Wildman–Crippen MR) is 109 cm³/mol. The molecule has 1 aromatic heterocycles. The first-order chi connectivity index (χ1) is 13.5. The number of aryl methyl sites for hydroxylation is 2. The smallest absolute Gasteiger partial charge is 0.358 e. The van der Waals surface area contributed by atoms with E-state index < -0.39 is 11.9 Å². The average Bonchev–Trinajstić information content (AvgIpc) is 3.19. The van der Waals surface area contributed by atoms with Crippen molar-refractivity contribution in [3.8, 4) is 16.3 Å². The van der Waals surface area contributed by atoms with Crippen LogP contribution in [0.1, 0.15) is 21.6 Å². The number of amides is 1. The largest absolute Gasteiger partial charge is 0.497 e. The Morgan fingerprint density at radius 1 is 1.11 bits per heavy atom. The van der Waals surface area contributed by atoms with E-state index in [0.29, 0.717) is 10.7 Å². The standard InChI is InChI=1S/C21H20N2O4S/c1-13-4-9-17(14(2)10-13)22-19(24)11-27-21(25)18-12-28-20(23-18)15-5-7-16(26-3)8-6-15/h4-10,12H,11H2,1-3H3,(H,22,24). The lowest BCUT2D eigenvalue weighted by Gasteiger charge is -2.09. The van der Waals surface area contributed by atoms with Crippen LogP contribution in [0.2, 0.25) is 0 Å². The highest BCUT2D eigenvalue weighted by molar-refractivity contribution is 7.13. The minimum Gasteiger partial charge on any atom is -0.497 e. The maximum absolute atomic E-state index is 12.2. The van der Waals surface area contributed by atoms with Crippen molar-refractivity contribution in [3.63, 3.8) is 0 Å². The number of hydrogen-bond acceptors (Lipinski definition) is 6. The molecule has 0 radical (unpaired) electrons. The fourth-order valence-electron chi connectivity index (χ4n) is 2.58. The van der Waals surface area contributed by atoms with Gasteiger partial charge in [0.2, 0.25) is 0 Å². The number of esters is 1. The molecule has 1 heterocycles. The van der Waals surface area contributed by atoms with Gasteiger partial charge in [-0.15, -0.1) is 11.3 Å². The fourth-order valence-corrected chi connectivity index (χ4v) is 3.37. The van der Waals surface area contributed by atoms with E-state index in [1.54, 1.807) is 12.5 Å². The maximum Gasteiger partial charge on any atom is 0.358 e. The molecule has 0 aliphatic rings. The number of nitrogens with zero attached hydrogens (tertiary/aromatic N) is 1. The zero-order chi connectivity index (χ0) is 20.1. The predicted octanol–water partition coefficient (Wildman–Crippen LogP) is 4.23. The van der Waals surface area contributed by atoms with Gasteiger partial charge in [0, 0.05) is 16.6 Å². The van der Waals surface area contributed by atoms with E-state index in [1.807, 2.05) is 56.3 Å². The van der Waals surface area contributed by atoms with Crippen LogP contribution in [0.5, 0.6) is 5.75 Å². The molecule has 1 N–H and O–H groups in total. The molecule has 6 nitrogen and oxygen atoms in total. The number of nitrogens with one attached hydrogen (secondary N) is 1. The van der Waals surface area contributed by atoms with Crippen molar-refractivity contribution in [2.45, 2.75) is 13.8 Å². The number of ether oxygens (including phenoxy) is 2. The summed E-state index contributed by atoms with van der Waals surface area (Å²) in [6.07, 6.45) is 0. The van der Waals surface area contributed by atoms with Crippen LogP contribution in [-0.4, -0.2) is 30.6 Å². The van der Waals surface area contributed by atoms with Gasteiger partial charge >= 0.3 is 5.97 Å². The van der Waals surface area contributed by atoms with Crippen LogP contribution < -0.4 is 10.1 Å². The molecule has 7 heteroatoms. The summed E-state index contributed by atoms with van der Waals surface area (Å²) in [6.45, 7) is 3.51. The topological polar surface area (TPSA) is 77.5 Å². The van der Waals surface area contributed by atoms with Gasteiger partial charge in [0.1, 0.15) is 10.8 Å². The molecule has 144 valence electrons. The van der Waals surface area contributed by atoms with Crippen LogP contribution in [0.15, 0.2) is 47.8 Å². The van der Waals surface area contributed by atoms with E-state index >= 15 is 0 Å². The molecule has 3 rings (SSSR count). The van der Waals surface area contributed by atoms with Crippen molar-refractivity contribution in [3.05, 3.63) is 64.7 Å². The summed E-state index contributed by atoms with van der Waals surface area (Å²) >= 11 is 1.33. The quantitative estimate of drug-likeness (QED) is 0.631. The lowest BCUT2D eigenvalue weighted by molar-refractivity contribution is -0.119. The minimum absolute atomic E-state index is 0.176. The second-order valence-corrected chi connectivity index (χ2v) is 7.07. The first-order valence-corrected chi connectivity index (χ1v) is 9.48. The number of methoxy groups -OCH3 is 1. The number of carbonyl (C=O) groups is 2. The third kappa shape index (κ3) is 4.75. The molecule has 0 spiro atoms. The normalized spacial score (nSPS) is 10.4. The summed E-state index contributed by atoms with van der Waals surface area (Å²) in [5.41, 5.74) is 3.80. The Balaban J connectivity index is 1.57. The first-order valence-electron chi connectivity index (χ1n) is 8.60. The van der Waals surface area contributed by atoms with Crippen molar-refractivity contribution < 1.29 is 19.1 Å². The third-order valence-corrected chi connectivity index (χ3v) is 4.93. The summed E-state index contributed by atoms with van der Waals surface area (Å²) < 4.78 is 10.2. The summed E-state index contributed by atoms with van der Waals surface area (Å²) in [5, 5.41) is 5.04. The number of thiazole rings is 1. The van der Waals surface area contributed by atoms with Gasteiger partial charge in [0.15, 0.2) is 12.3 Å². The monoisotopic (exact) mass is 396 g/mol. The highest BCUT2D eigenvalue weighted by atomic mass is 32.1. The van der Waals surface area contributed by atoms with Crippen molar-refractivity contribution in [1.29, 1.82) is 0 Å². The van der Waals surface area contributed by atoms with Gasteiger partial charge in [-0.05, 0) is 49.7 Å². The Kier molecular flexibility index (Phi) is 6.06. The molecule has 28 heavy (non-hydrogen) atoms. The van der Waals surface area contributed by atoms with Crippen LogP contribution in [0.25, 0.3) is 10.6 Å². The zero-order valence-electron chi connectivity index (χ0n) is 15.8. The van der Waals surface area contributed by atoms with Crippen LogP contribution in [0.4, 0.5) is 5.69 Å². The molecule has 0 saturated heterocycles. The van der Waals surface area contributed by atoms with Crippen LogP contribution in [-0.2, 0) is 9.53 Å². The number of aromatic nitrogens is 1. The second-order valence-electron chi connectivity index (χ2n) is 6.21. The highest BCUT2D eigenvalue weighted by Crippen LogP contribution is 2.26. The van der Waals surface area contributed by atoms with Crippen molar-refractivity contribution >= 4 is 28.9 Å². The fraction of sp³-hybridized carbons (Fsp3) is 0.190. The molecule has 0 aliphatic heterocycles. The first kappa shape index (κ1) is 19.6. The van der Waals surface area contributed by atoms with Crippen LogP contribution in [0.3, 0.4) is 0 Å². The lowest BCUT2D eigenvalue weighted by Crippen LogP contribution is -2.21. The Bertz CT molecular complexity index is 996. The van der Waals surface area contributed by atoms with Crippen molar-refractivity contribution in [2.75, 3.05) is 19.0 Å². The Morgan fingerprint density at radius 3 is 2.54 bits per heavy atom. The zero-order valence-corrected chi connectivity index (χ0v) is 16.6. The number of benzene rings is 2. The van der Waals surface area contributed by atoms with E-state index in [4.69, 9.17) is 9.47 Å². The van der Waals surface area contributed by atoms with Gasteiger partial charge in [-0.25, -0.2) is 9.78 Å². The van der Waals surface area contributed by atoms with Crippen LogP contribution in [0, 0.1) is 13.8 Å². The Hall–Kier alpha value is -3.19. The maximum atomic E-state index is 12.2. The number of rotatable bonds is 6. The van der Waals surface area contributed by atoms with Gasteiger partial charge in [-0.3, -0.25) is 4.79 Å².